The molecule has 0 radical (unpaired) electrons. The molecule has 6 nitrogen and oxygen atoms in total. The minimum Gasteiger partial charge on any atom is -0.477 e. The first-order chi connectivity index (χ1) is 13.1. The van der Waals surface area contributed by atoms with Crippen LogP contribution >= 0.6 is 22.9 Å². The van der Waals surface area contributed by atoms with Crippen molar-refractivity contribution in [1.29, 1.82) is 5.26 Å². The van der Waals surface area contributed by atoms with Gasteiger partial charge in [0, 0.05) is 17.8 Å². The Balaban J connectivity index is 2.06. The number of hydrogen-bond acceptors (Lipinski definition) is 5. The van der Waals surface area contributed by atoms with Gasteiger partial charge in [-0.25, -0.2) is 9.78 Å². The summed E-state index contributed by atoms with van der Waals surface area (Å²) in [5.41, 5.74) is 0.892. The molecule has 27 heavy (non-hydrogen) atoms. The smallest absolute Gasteiger partial charge is 0.354 e. The maximum atomic E-state index is 13.1. The standard InChI is InChI=1S/C19H11ClN4O2S/c20-19-22-10-13(27-19)11-24-15-7-3-4-8-23(15)17(25)16(18(24)26)14-6-2-1-5-12(14)9-21/h1-8,10H,11H2/p+1. The Morgan fingerprint density at radius 3 is 2.78 bits per heavy atom. The van der Waals surface area contributed by atoms with E-state index in [2.05, 4.69) is 11.1 Å². The van der Waals surface area contributed by atoms with E-state index in [0.29, 0.717) is 21.2 Å². The maximum Gasteiger partial charge on any atom is 0.354 e. The minimum absolute atomic E-state index is 0.0754. The molecule has 0 aliphatic carbocycles. The predicted molar refractivity (Wildman–Crippen MR) is 102 cm³/mol. The minimum atomic E-state index is -0.399. The SMILES string of the molecule is N#Cc1ccccc1-c1c(O)[n+](Cc2cnc(Cl)s2)c2ccccn2c1=O. The van der Waals surface area contributed by atoms with E-state index in [9.17, 15) is 15.2 Å². The normalized spacial score (nSPS) is 10.8. The summed E-state index contributed by atoms with van der Waals surface area (Å²) in [7, 11) is 0. The summed E-state index contributed by atoms with van der Waals surface area (Å²) in [6, 6.07) is 14.0. The molecule has 0 aliphatic rings. The fourth-order valence-corrected chi connectivity index (χ4v) is 3.95. The molecule has 4 rings (SSSR count). The molecule has 0 saturated carbocycles. The van der Waals surface area contributed by atoms with Crippen molar-refractivity contribution >= 4 is 28.6 Å². The van der Waals surface area contributed by atoms with E-state index < -0.39 is 5.56 Å². The van der Waals surface area contributed by atoms with Crippen molar-refractivity contribution < 1.29 is 9.67 Å². The fraction of sp³-hybridized carbons (Fsp3) is 0.0526. The lowest BCUT2D eigenvalue weighted by molar-refractivity contribution is -0.671. The van der Waals surface area contributed by atoms with Gasteiger partial charge in [-0.1, -0.05) is 35.9 Å². The summed E-state index contributed by atoms with van der Waals surface area (Å²) in [5.74, 6) is -0.210. The Bertz CT molecular complexity index is 1270. The number of aromatic hydroxyl groups is 1. The number of benzene rings is 1. The highest BCUT2D eigenvalue weighted by atomic mass is 35.5. The van der Waals surface area contributed by atoms with Gasteiger partial charge in [0.1, 0.15) is 6.54 Å². The molecule has 3 aromatic heterocycles. The predicted octanol–water partition coefficient (Wildman–Crippen LogP) is 2.99. The van der Waals surface area contributed by atoms with Crippen LogP contribution in [-0.2, 0) is 6.54 Å². The molecule has 0 amide bonds. The number of rotatable bonds is 3. The molecule has 1 aromatic carbocycles. The number of halogens is 1. The summed E-state index contributed by atoms with van der Waals surface area (Å²) in [6.45, 7) is 0.283. The van der Waals surface area contributed by atoms with Gasteiger partial charge < -0.3 is 5.11 Å². The molecule has 1 N–H and O–H groups in total. The topological polar surface area (TPSA) is 82.3 Å². The second kappa shape index (κ2) is 6.83. The van der Waals surface area contributed by atoms with Crippen LogP contribution in [0.2, 0.25) is 4.47 Å². The van der Waals surface area contributed by atoms with Gasteiger partial charge in [-0.15, -0.1) is 11.3 Å². The Labute approximate surface area is 162 Å². The van der Waals surface area contributed by atoms with E-state index >= 15 is 0 Å². The van der Waals surface area contributed by atoms with E-state index in [-0.39, 0.29) is 18.0 Å². The van der Waals surface area contributed by atoms with Crippen molar-refractivity contribution in [2.45, 2.75) is 6.54 Å². The Morgan fingerprint density at radius 1 is 1.26 bits per heavy atom. The van der Waals surface area contributed by atoms with Gasteiger partial charge in [-0.3, -0.25) is 0 Å². The molecule has 0 fully saturated rings. The highest BCUT2D eigenvalue weighted by Crippen LogP contribution is 2.27. The molecule has 4 aromatic rings. The zero-order valence-electron chi connectivity index (χ0n) is 13.8. The number of fused-ring (bicyclic) bond motifs is 1. The van der Waals surface area contributed by atoms with Gasteiger partial charge >= 0.3 is 5.56 Å². The second-order valence-corrected chi connectivity index (χ2v) is 7.45. The van der Waals surface area contributed by atoms with Gasteiger partial charge in [0.15, 0.2) is 10.0 Å². The zero-order chi connectivity index (χ0) is 19.0. The monoisotopic (exact) mass is 395 g/mol. The molecule has 0 unspecified atom stereocenters. The molecule has 132 valence electrons. The van der Waals surface area contributed by atoms with Crippen molar-refractivity contribution in [1.82, 2.24) is 9.38 Å². The lowest BCUT2D eigenvalue weighted by Crippen LogP contribution is -2.41. The molecular formula is C19H12ClN4O2S+. The molecular weight excluding hydrogens is 384 g/mol. The lowest BCUT2D eigenvalue weighted by Gasteiger charge is -2.10. The van der Waals surface area contributed by atoms with Crippen molar-refractivity contribution in [3.8, 4) is 23.1 Å². The van der Waals surface area contributed by atoms with Crippen molar-refractivity contribution in [3.63, 3.8) is 0 Å². The average molecular weight is 396 g/mol. The Hall–Kier alpha value is -3.21. The van der Waals surface area contributed by atoms with Crippen LogP contribution in [0, 0.1) is 11.3 Å². The largest absolute Gasteiger partial charge is 0.477 e. The molecule has 0 aliphatic heterocycles. The van der Waals surface area contributed by atoms with Crippen LogP contribution in [0.5, 0.6) is 5.88 Å². The van der Waals surface area contributed by atoms with Crippen LogP contribution < -0.4 is 10.1 Å². The molecule has 0 bridgehead atoms. The third-order valence-corrected chi connectivity index (χ3v) is 5.28. The van der Waals surface area contributed by atoms with Crippen molar-refractivity contribution in [3.05, 3.63) is 80.1 Å². The van der Waals surface area contributed by atoms with E-state index in [1.807, 2.05) is 0 Å². The van der Waals surface area contributed by atoms with Crippen molar-refractivity contribution in [2.24, 2.45) is 0 Å². The van der Waals surface area contributed by atoms with Crippen LogP contribution in [0.1, 0.15) is 10.4 Å². The van der Waals surface area contributed by atoms with E-state index in [1.54, 1.807) is 59.4 Å². The van der Waals surface area contributed by atoms with E-state index in [4.69, 9.17) is 11.6 Å². The quantitative estimate of drug-likeness (QED) is 0.540. The summed E-state index contributed by atoms with van der Waals surface area (Å²) in [4.78, 5) is 17.9. The Kier molecular flexibility index (Phi) is 4.36. The Morgan fingerprint density at radius 2 is 2.04 bits per heavy atom. The number of nitrogens with zero attached hydrogens (tertiary/aromatic N) is 4. The van der Waals surface area contributed by atoms with Gasteiger partial charge in [0.25, 0.3) is 11.5 Å². The summed E-state index contributed by atoms with van der Waals surface area (Å²) < 4.78 is 3.46. The van der Waals surface area contributed by atoms with E-state index in [1.165, 1.54) is 15.7 Å². The van der Waals surface area contributed by atoms with Crippen LogP contribution in [0.4, 0.5) is 0 Å². The first kappa shape index (κ1) is 17.2. The molecule has 3 heterocycles. The summed E-state index contributed by atoms with van der Waals surface area (Å²) >= 11 is 7.22. The van der Waals surface area contributed by atoms with E-state index in [0.717, 1.165) is 4.88 Å². The van der Waals surface area contributed by atoms with Gasteiger partial charge in [-0.2, -0.15) is 14.2 Å². The second-order valence-electron chi connectivity index (χ2n) is 5.76. The molecule has 0 spiro atoms. The number of thiazole rings is 1. The number of nitriles is 1. The van der Waals surface area contributed by atoms with Crippen molar-refractivity contribution in [2.75, 3.05) is 0 Å². The molecule has 8 heteroatoms. The van der Waals surface area contributed by atoms with Crippen LogP contribution in [0.15, 0.2) is 59.7 Å². The van der Waals surface area contributed by atoms with Crippen LogP contribution in [-0.4, -0.2) is 14.5 Å². The third kappa shape index (κ3) is 2.95. The van der Waals surface area contributed by atoms with Crippen LogP contribution in [0.3, 0.4) is 0 Å². The van der Waals surface area contributed by atoms with Gasteiger partial charge in [0.05, 0.1) is 22.7 Å². The fourth-order valence-electron chi connectivity index (χ4n) is 2.99. The van der Waals surface area contributed by atoms with Crippen LogP contribution in [0.25, 0.3) is 16.8 Å². The number of aromatic nitrogens is 3. The lowest BCUT2D eigenvalue weighted by atomic mass is 10.0. The molecule has 0 atom stereocenters. The summed E-state index contributed by atoms with van der Waals surface area (Å²) in [6.07, 6.45) is 3.26. The molecule has 0 saturated heterocycles. The number of pyridine rings is 1. The highest BCUT2D eigenvalue weighted by Gasteiger charge is 2.26. The first-order valence-corrected chi connectivity index (χ1v) is 9.15. The first-order valence-electron chi connectivity index (χ1n) is 7.96. The average Bonchev–Trinajstić information content (AvgIpc) is 3.10. The highest BCUT2D eigenvalue weighted by molar-refractivity contribution is 7.15. The third-order valence-electron chi connectivity index (χ3n) is 4.18. The zero-order valence-corrected chi connectivity index (χ0v) is 15.4. The van der Waals surface area contributed by atoms with Gasteiger partial charge in [-0.05, 0) is 12.1 Å². The summed E-state index contributed by atoms with van der Waals surface area (Å²) in [5, 5.41) is 20.4. The number of hydrogen-bond donors (Lipinski definition) is 1. The maximum absolute atomic E-state index is 13.1. The van der Waals surface area contributed by atoms with Gasteiger partial charge in [0.2, 0.25) is 0 Å².